The van der Waals surface area contributed by atoms with E-state index in [4.69, 9.17) is 9.52 Å². The van der Waals surface area contributed by atoms with E-state index in [2.05, 4.69) is 10.3 Å². The molecule has 10 heteroatoms. The molecule has 1 N–H and O–H groups in total. The number of nitrogens with one attached hydrogen (secondary N) is 1. The number of carbonyl (C=O) groups excluding carboxylic acids is 3. The molecule has 0 saturated carbocycles. The Morgan fingerprint density at radius 1 is 1.18 bits per heavy atom. The SMILES string of the molecule is CC(=O)c1ccc(NC(=O)C[C@@H]2SC(N3N=C(c4cccs4)C[C@H]3c3ccco3)=NC2=O)cc1. The molecule has 5 rings (SSSR count). The van der Waals surface area contributed by atoms with Crippen LogP contribution in [-0.2, 0) is 9.59 Å². The van der Waals surface area contributed by atoms with Gasteiger partial charge in [-0.25, -0.2) is 5.01 Å². The van der Waals surface area contributed by atoms with Crippen LogP contribution < -0.4 is 5.32 Å². The molecular weight excluding hydrogens is 472 g/mol. The highest BCUT2D eigenvalue weighted by atomic mass is 32.2. The molecule has 2 aliphatic heterocycles. The van der Waals surface area contributed by atoms with Crippen LogP contribution in [0.15, 0.2) is 74.7 Å². The maximum Gasteiger partial charge on any atom is 0.262 e. The number of Topliss-reactive ketones (excluding diaryl/α,β-unsaturated/α-hetero) is 1. The molecule has 0 radical (unpaired) electrons. The summed E-state index contributed by atoms with van der Waals surface area (Å²) in [5, 5.41) is 11.1. The van der Waals surface area contributed by atoms with Gasteiger partial charge in [0.1, 0.15) is 17.1 Å². The first kappa shape index (κ1) is 22.3. The van der Waals surface area contributed by atoms with Gasteiger partial charge in [-0.3, -0.25) is 14.4 Å². The fourth-order valence-electron chi connectivity index (χ4n) is 3.75. The smallest absolute Gasteiger partial charge is 0.262 e. The van der Waals surface area contributed by atoms with Crippen LogP contribution in [0.25, 0.3) is 0 Å². The number of aliphatic imine (C=N–C) groups is 1. The number of ketones is 1. The molecule has 2 amide bonds. The van der Waals surface area contributed by atoms with Gasteiger partial charge < -0.3 is 9.73 Å². The first-order chi connectivity index (χ1) is 16.5. The molecule has 4 heterocycles. The number of rotatable bonds is 6. The fraction of sp³-hybridized carbons (Fsp3) is 0.208. The van der Waals surface area contributed by atoms with Crippen molar-refractivity contribution in [3.63, 3.8) is 0 Å². The number of hydrazone groups is 1. The summed E-state index contributed by atoms with van der Waals surface area (Å²) in [6.07, 6.45) is 2.22. The second-order valence-electron chi connectivity index (χ2n) is 7.83. The average Bonchev–Trinajstić information content (AvgIpc) is 3.61. The number of thiophene rings is 1. The van der Waals surface area contributed by atoms with Crippen molar-refractivity contribution in [3.05, 3.63) is 76.4 Å². The van der Waals surface area contributed by atoms with Crippen LogP contribution in [0.1, 0.15) is 46.8 Å². The van der Waals surface area contributed by atoms with Gasteiger partial charge in [0, 0.05) is 24.1 Å². The Morgan fingerprint density at radius 2 is 2.00 bits per heavy atom. The molecule has 0 fully saturated rings. The Kier molecular flexibility index (Phi) is 6.16. The molecule has 0 aliphatic carbocycles. The van der Waals surface area contributed by atoms with E-state index in [1.165, 1.54) is 18.7 Å². The Balaban J connectivity index is 1.27. The standard InChI is InChI=1S/C24H20N4O4S2/c1-14(29)15-6-8-16(9-7-15)25-22(30)13-21-23(31)26-24(34-21)28-18(19-4-2-10-32-19)12-17(27-28)20-5-3-11-33-20/h2-11,18,21H,12-13H2,1H3,(H,25,30)/t18-,21-/m0/s1. The highest BCUT2D eigenvalue weighted by Crippen LogP contribution is 2.39. The van der Waals surface area contributed by atoms with E-state index in [1.807, 2.05) is 29.6 Å². The maximum absolute atomic E-state index is 12.6. The molecular formula is C24H20N4O4S2. The molecule has 0 unspecified atom stereocenters. The molecule has 0 saturated heterocycles. The van der Waals surface area contributed by atoms with Crippen LogP contribution in [0, 0.1) is 0 Å². The summed E-state index contributed by atoms with van der Waals surface area (Å²) in [5.74, 6) is 0.0288. The number of carbonyl (C=O) groups is 3. The Morgan fingerprint density at radius 3 is 2.68 bits per heavy atom. The number of benzene rings is 1. The minimum Gasteiger partial charge on any atom is -0.467 e. The van der Waals surface area contributed by atoms with Crippen LogP contribution in [0.4, 0.5) is 5.69 Å². The van der Waals surface area contributed by atoms with Gasteiger partial charge in [-0.05, 0) is 54.8 Å². The van der Waals surface area contributed by atoms with Crippen molar-refractivity contribution in [1.82, 2.24) is 5.01 Å². The molecule has 0 bridgehead atoms. The lowest BCUT2D eigenvalue weighted by molar-refractivity contribution is -0.121. The summed E-state index contributed by atoms with van der Waals surface area (Å²) in [5.41, 5.74) is 2.04. The van der Waals surface area contributed by atoms with Gasteiger partial charge in [-0.2, -0.15) is 10.1 Å². The fourth-order valence-corrected chi connectivity index (χ4v) is 5.54. The van der Waals surface area contributed by atoms with E-state index in [0.717, 1.165) is 16.3 Å². The number of amidine groups is 1. The Hall–Kier alpha value is -3.50. The number of furan rings is 1. The summed E-state index contributed by atoms with van der Waals surface area (Å²) in [4.78, 5) is 41.9. The molecule has 2 aromatic heterocycles. The highest BCUT2D eigenvalue weighted by molar-refractivity contribution is 8.15. The zero-order valence-electron chi connectivity index (χ0n) is 18.1. The Labute approximate surface area is 203 Å². The lowest BCUT2D eigenvalue weighted by Crippen LogP contribution is -2.25. The largest absolute Gasteiger partial charge is 0.467 e. The minimum absolute atomic E-state index is 0.0221. The lowest BCUT2D eigenvalue weighted by Gasteiger charge is -2.20. The van der Waals surface area contributed by atoms with Crippen LogP contribution in [0.5, 0.6) is 0 Å². The lowest BCUT2D eigenvalue weighted by atomic mass is 10.1. The van der Waals surface area contributed by atoms with E-state index in [9.17, 15) is 14.4 Å². The van der Waals surface area contributed by atoms with Crippen LogP contribution in [-0.4, -0.2) is 38.7 Å². The maximum atomic E-state index is 12.6. The predicted octanol–water partition coefficient (Wildman–Crippen LogP) is 4.72. The van der Waals surface area contributed by atoms with E-state index in [1.54, 1.807) is 46.9 Å². The molecule has 2 aliphatic rings. The third kappa shape index (κ3) is 4.59. The van der Waals surface area contributed by atoms with Crippen molar-refractivity contribution < 1.29 is 18.8 Å². The molecule has 0 spiro atoms. The van der Waals surface area contributed by atoms with E-state index >= 15 is 0 Å². The van der Waals surface area contributed by atoms with Crippen molar-refractivity contribution in [2.45, 2.75) is 31.1 Å². The molecule has 3 aromatic rings. The number of hydrogen-bond donors (Lipinski definition) is 1. The van der Waals surface area contributed by atoms with Crippen molar-refractivity contribution in [2.75, 3.05) is 5.32 Å². The second kappa shape index (κ2) is 9.40. The molecule has 172 valence electrons. The van der Waals surface area contributed by atoms with Gasteiger partial charge in [0.15, 0.2) is 11.0 Å². The zero-order chi connectivity index (χ0) is 23.7. The van der Waals surface area contributed by atoms with Gasteiger partial charge in [-0.1, -0.05) is 17.8 Å². The van der Waals surface area contributed by atoms with E-state index in [-0.39, 0.29) is 30.1 Å². The highest BCUT2D eigenvalue weighted by Gasteiger charge is 2.40. The third-order valence-corrected chi connectivity index (χ3v) is 7.52. The summed E-state index contributed by atoms with van der Waals surface area (Å²) < 4.78 is 5.63. The molecule has 1 aromatic carbocycles. The van der Waals surface area contributed by atoms with Gasteiger partial charge in [0.2, 0.25) is 5.91 Å². The van der Waals surface area contributed by atoms with Crippen molar-refractivity contribution >= 4 is 57.3 Å². The van der Waals surface area contributed by atoms with Gasteiger partial charge in [-0.15, -0.1) is 11.3 Å². The van der Waals surface area contributed by atoms with Crippen LogP contribution in [0.3, 0.4) is 0 Å². The van der Waals surface area contributed by atoms with Gasteiger partial charge in [0.25, 0.3) is 5.91 Å². The number of amides is 2. The average molecular weight is 493 g/mol. The first-order valence-electron chi connectivity index (χ1n) is 10.6. The summed E-state index contributed by atoms with van der Waals surface area (Å²) in [6.45, 7) is 1.48. The van der Waals surface area contributed by atoms with E-state index in [0.29, 0.717) is 22.8 Å². The second-order valence-corrected chi connectivity index (χ2v) is 9.95. The number of anilines is 1. The summed E-state index contributed by atoms with van der Waals surface area (Å²) in [7, 11) is 0. The summed E-state index contributed by atoms with van der Waals surface area (Å²) >= 11 is 2.84. The number of nitrogens with zero attached hydrogens (tertiary/aromatic N) is 3. The molecule has 8 nitrogen and oxygen atoms in total. The normalized spacial score (nSPS) is 19.8. The van der Waals surface area contributed by atoms with Crippen molar-refractivity contribution in [2.24, 2.45) is 10.1 Å². The van der Waals surface area contributed by atoms with Crippen molar-refractivity contribution in [1.29, 1.82) is 0 Å². The van der Waals surface area contributed by atoms with E-state index < -0.39 is 5.25 Å². The van der Waals surface area contributed by atoms with Gasteiger partial charge in [0.05, 0.1) is 16.9 Å². The van der Waals surface area contributed by atoms with Gasteiger partial charge >= 0.3 is 0 Å². The molecule has 2 atom stereocenters. The Bertz CT molecular complexity index is 1280. The number of thioether (sulfide) groups is 1. The monoisotopic (exact) mass is 492 g/mol. The topological polar surface area (TPSA) is 104 Å². The number of hydrogen-bond acceptors (Lipinski definition) is 8. The van der Waals surface area contributed by atoms with Crippen LogP contribution in [0.2, 0.25) is 0 Å². The summed E-state index contributed by atoms with van der Waals surface area (Å²) in [6, 6.07) is 14.1. The molecule has 34 heavy (non-hydrogen) atoms. The first-order valence-corrected chi connectivity index (χ1v) is 12.4. The van der Waals surface area contributed by atoms with Crippen LogP contribution >= 0.6 is 23.1 Å². The minimum atomic E-state index is -0.635. The zero-order valence-corrected chi connectivity index (χ0v) is 19.8. The predicted molar refractivity (Wildman–Crippen MR) is 132 cm³/mol. The quantitative estimate of drug-likeness (QED) is 0.499. The third-order valence-electron chi connectivity index (χ3n) is 5.46. The van der Waals surface area contributed by atoms with Crippen molar-refractivity contribution in [3.8, 4) is 0 Å².